The van der Waals surface area contributed by atoms with Gasteiger partial charge in [0.2, 0.25) is 0 Å². The van der Waals surface area contributed by atoms with E-state index in [0.29, 0.717) is 30.4 Å². The number of aromatic nitrogens is 2. The van der Waals surface area contributed by atoms with Crippen LogP contribution in [0.4, 0.5) is 0 Å². The minimum atomic E-state index is -0.0514. The van der Waals surface area contributed by atoms with Crippen molar-refractivity contribution in [3.63, 3.8) is 0 Å². The van der Waals surface area contributed by atoms with Gasteiger partial charge in [0.1, 0.15) is 24.5 Å². The first-order valence-corrected chi connectivity index (χ1v) is 9.73. The van der Waals surface area contributed by atoms with E-state index in [4.69, 9.17) is 26.2 Å². The van der Waals surface area contributed by atoms with E-state index in [1.54, 1.807) is 6.07 Å². The highest BCUT2D eigenvalue weighted by Gasteiger charge is 2.15. The van der Waals surface area contributed by atoms with Crippen molar-refractivity contribution < 1.29 is 14.6 Å². The number of halogens is 1. The molecule has 0 unspecified atom stereocenters. The maximum Gasteiger partial charge on any atom is 0.151 e. The van der Waals surface area contributed by atoms with Gasteiger partial charge in [-0.1, -0.05) is 42.5 Å². The highest BCUT2D eigenvalue weighted by Crippen LogP contribution is 2.33. The molecule has 0 spiro atoms. The molecule has 0 amide bonds. The van der Waals surface area contributed by atoms with E-state index in [2.05, 4.69) is 46.6 Å². The van der Waals surface area contributed by atoms with Crippen LogP contribution in [0.25, 0.3) is 21.7 Å². The van der Waals surface area contributed by atoms with Crippen molar-refractivity contribution in [2.45, 2.75) is 6.42 Å². The molecule has 0 aliphatic rings. The lowest BCUT2D eigenvalue weighted by atomic mass is 9.99. The molecule has 4 rings (SSSR count). The first-order valence-electron chi connectivity index (χ1n) is 9.20. The number of fused-ring (bicyclic) bond motifs is 2. The van der Waals surface area contributed by atoms with Gasteiger partial charge in [-0.25, -0.2) is 0 Å². The Morgan fingerprint density at radius 1 is 0.964 bits per heavy atom. The Labute approximate surface area is 167 Å². The summed E-state index contributed by atoms with van der Waals surface area (Å²) in [5.41, 5.74) is 2.95. The molecule has 5 nitrogen and oxygen atoms in total. The summed E-state index contributed by atoms with van der Waals surface area (Å²) in [7, 11) is 0. The third-order valence-electron chi connectivity index (χ3n) is 4.62. The summed E-state index contributed by atoms with van der Waals surface area (Å²) in [6.45, 7) is 0.548. The highest BCUT2D eigenvalue weighted by molar-refractivity contribution is 6.18. The molecule has 0 radical (unpaired) electrons. The Hall–Kier alpha value is -2.76. The molecule has 0 atom stereocenters. The fraction of sp³-hybridized carbons (Fsp3) is 0.227. The Morgan fingerprint density at radius 3 is 2.68 bits per heavy atom. The minimum absolute atomic E-state index is 0.0514. The third-order valence-corrected chi connectivity index (χ3v) is 4.77. The van der Waals surface area contributed by atoms with Crippen LogP contribution in [-0.2, 0) is 6.42 Å². The van der Waals surface area contributed by atoms with E-state index in [0.717, 1.165) is 16.6 Å². The smallest absolute Gasteiger partial charge is 0.151 e. The first kappa shape index (κ1) is 18.6. The van der Waals surface area contributed by atoms with Crippen LogP contribution in [0.3, 0.4) is 0 Å². The van der Waals surface area contributed by atoms with Gasteiger partial charge in [0.05, 0.1) is 12.5 Å². The summed E-state index contributed by atoms with van der Waals surface area (Å²) in [5, 5.41) is 20.1. The van der Waals surface area contributed by atoms with Crippen molar-refractivity contribution in [3.8, 4) is 11.5 Å². The Bertz CT molecular complexity index is 1090. The van der Waals surface area contributed by atoms with Crippen LogP contribution in [-0.4, -0.2) is 41.0 Å². The van der Waals surface area contributed by atoms with Crippen molar-refractivity contribution in [1.29, 1.82) is 0 Å². The lowest BCUT2D eigenvalue weighted by Crippen LogP contribution is -2.03. The van der Waals surface area contributed by atoms with Crippen LogP contribution in [0.1, 0.15) is 11.3 Å². The van der Waals surface area contributed by atoms with Gasteiger partial charge in [0, 0.05) is 23.6 Å². The molecule has 0 fully saturated rings. The molecule has 1 aromatic heterocycles. The van der Waals surface area contributed by atoms with E-state index in [1.807, 2.05) is 12.1 Å². The van der Waals surface area contributed by atoms with Crippen molar-refractivity contribution in [3.05, 3.63) is 65.9 Å². The second-order valence-corrected chi connectivity index (χ2v) is 6.82. The molecule has 0 saturated carbocycles. The topological polar surface area (TPSA) is 67.4 Å². The summed E-state index contributed by atoms with van der Waals surface area (Å²) in [5.74, 6) is 1.63. The van der Waals surface area contributed by atoms with Crippen LogP contribution >= 0.6 is 11.6 Å². The van der Waals surface area contributed by atoms with Gasteiger partial charge in [-0.05, 0) is 22.4 Å². The fourth-order valence-corrected chi connectivity index (χ4v) is 3.47. The Balaban J connectivity index is 1.76. The largest absolute Gasteiger partial charge is 0.491 e. The van der Waals surface area contributed by atoms with E-state index >= 15 is 0 Å². The fourth-order valence-electron chi connectivity index (χ4n) is 3.39. The number of nitrogens with one attached hydrogen (secondary N) is 1. The summed E-state index contributed by atoms with van der Waals surface area (Å²) >= 11 is 5.78. The number of ether oxygens (including phenoxy) is 2. The van der Waals surface area contributed by atoms with E-state index < -0.39 is 0 Å². The van der Waals surface area contributed by atoms with E-state index in [-0.39, 0.29) is 13.2 Å². The lowest BCUT2D eigenvalue weighted by Gasteiger charge is -2.10. The van der Waals surface area contributed by atoms with Crippen LogP contribution < -0.4 is 9.47 Å². The van der Waals surface area contributed by atoms with Crippen LogP contribution in [0, 0.1) is 0 Å². The third kappa shape index (κ3) is 3.77. The van der Waals surface area contributed by atoms with Gasteiger partial charge in [-0.2, -0.15) is 5.10 Å². The van der Waals surface area contributed by atoms with Gasteiger partial charge in [-0.3, -0.25) is 5.10 Å². The molecule has 6 heteroatoms. The average molecular weight is 397 g/mol. The normalized spacial score (nSPS) is 11.2. The summed E-state index contributed by atoms with van der Waals surface area (Å²) in [6, 6.07) is 18.4. The zero-order valence-corrected chi connectivity index (χ0v) is 16.1. The molecule has 144 valence electrons. The number of H-pyrrole nitrogens is 1. The second kappa shape index (κ2) is 8.50. The molecular weight excluding hydrogens is 376 g/mol. The first-order chi connectivity index (χ1) is 13.8. The molecule has 0 aliphatic carbocycles. The van der Waals surface area contributed by atoms with Gasteiger partial charge in [0.15, 0.2) is 5.75 Å². The van der Waals surface area contributed by atoms with Gasteiger partial charge < -0.3 is 14.6 Å². The molecule has 4 aromatic rings. The van der Waals surface area contributed by atoms with E-state index in [1.165, 1.54) is 16.3 Å². The Morgan fingerprint density at radius 2 is 1.82 bits per heavy atom. The standard InChI is InChI=1S/C22H21ClN2O3/c23-8-10-28-21-14-17(27-11-9-26)13-19-20(24-25-22(19)21)12-16-6-3-5-15-4-1-2-7-18(15)16/h1-7,13-14,26H,8-12H2,(H,24,25). The molecule has 3 aromatic carbocycles. The predicted molar refractivity (Wildman–Crippen MR) is 112 cm³/mol. The number of nitrogens with zero attached hydrogens (tertiary/aromatic N) is 1. The quantitative estimate of drug-likeness (QED) is 0.436. The molecule has 0 bridgehead atoms. The molecule has 28 heavy (non-hydrogen) atoms. The monoisotopic (exact) mass is 396 g/mol. The van der Waals surface area contributed by atoms with Crippen molar-refractivity contribution >= 4 is 33.3 Å². The molecule has 0 saturated heterocycles. The summed E-state index contributed by atoms with van der Waals surface area (Å²) in [6.07, 6.45) is 0.705. The Kier molecular flexibility index (Phi) is 5.65. The minimum Gasteiger partial charge on any atom is -0.491 e. The molecule has 0 aliphatic heterocycles. The zero-order chi connectivity index (χ0) is 19.3. The number of alkyl halides is 1. The van der Waals surface area contributed by atoms with Crippen LogP contribution in [0.15, 0.2) is 54.6 Å². The maximum atomic E-state index is 9.07. The lowest BCUT2D eigenvalue weighted by molar-refractivity contribution is 0.201. The van der Waals surface area contributed by atoms with Crippen LogP contribution in [0.2, 0.25) is 0 Å². The van der Waals surface area contributed by atoms with Crippen molar-refractivity contribution in [2.24, 2.45) is 0 Å². The summed E-state index contributed by atoms with van der Waals surface area (Å²) < 4.78 is 11.4. The average Bonchev–Trinajstić information content (AvgIpc) is 3.13. The van der Waals surface area contributed by atoms with Gasteiger partial charge in [-0.15, -0.1) is 11.6 Å². The number of rotatable bonds is 8. The number of hydrogen-bond acceptors (Lipinski definition) is 4. The molecule has 2 N–H and O–H groups in total. The van der Waals surface area contributed by atoms with Crippen LogP contribution in [0.5, 0.6) is 11.5 Å². The van der Waals surface area contributed by atoms with Gasteiger partial charge in [0.25, 0.3) is 0 Å². The van der Waals surface area contributed by atoms with Gasteiger partial charge >= 0.3 is 0 Å². The molecular formula is C22H21ClN2O3. The number of aliphatic hydroxyl groups excluding tert-OH is 1. The highest BCUT2D eigenvalue weighted by atomic mass is 35.5. The van der Waals surface area contributed by atoms with E-state index in [9.17, 15) is 0 Å². The van der Waals surface area contributed by atoms with Crippen molar-refractivity contribution in [2.75, 3.05) is 25.7 Å². The predicted octanol–water partition coefficient (Wildman–Crippen LogP) is 4.30. The number of aromatic amines is 1. The number of aliphatic hydroxyl groups is 1. The second-order valence-electron chi connectivity index (χ2n) is 6.44. The number of hydrogen-bond donors (Lipinski definition) is 2. The molecule has 1 heterocycles. The number of benzene rings is 3. The zero-order valence-electron chi connectivity index (χ0n) is 15.3. The summed E-state index contributed by atoms with van der Waals surface area (Å²) in [4.78, 5) is 0. The van der Waals surface area contributed by atoms with Crippen molar-refractivity contribution in [1.82, 2.24) is 10.2 Å². The maximum absolute atomic E-state index is 9.07. The SMILES string of the molecule is OCCOc1cc(OCCCl)c2n[nH]c(Cc3cccc4ccccc34)c2c1.